The molecule has 0 radical (unpaired) electrons. The van der Waals surface area contributed by atoms with Crippen LogP contribution >= 0.6 is 0 Å². The maximum atomic E-state index is 12.9. The highest BCUT2D eigenvalue weighted by atomic mass is 16.2. The van der Waals surface area contributed by atoms with Crippen molar-refractivity contribution in [1.29, 1.82) is 0 Å². The monoisotopic (exact) mass is 272 g/mol. The highest BCUT2D eigenvalue weighted by molar-refractivity contribution is 5.96. The molecule has 3 unspecified atom stereocenters. The van der Waals surface area contributed by atoms with Gasteiger partial charge in [-0.25, -0.2) is 0 Å². The normalized spacial score (nSPS) is 29.9. The van der Waals surface area contributed by atoms with E-state index in [1.54, 1.807) is 0 Å². The molecule has 108 valence electrons. The predicted molar refractivity (Wildman–Crippen MR) is 81.8 cm³/mol. The number of carbonyl (C=O) groups excluding carboxylic acids is 1. The van der Waals surface area contributed by atoms with Crippen molar-refractivity contribution >= 4 is 11.6 Å². The number of benzene rings is 1. The zero-order valence-corrected chi connectivity index (χ0v) is 12.4. The van der Waals surface area contributed by atoms with E-state index in [0.29, 0.717) is 17.7 Å². The van der Waals surface area contributed by atoms with Gasteiger partial charge in [0.25, 0.3) is 0 Å². The first-order valence-corrected chi connectivity index (χ1v) is 7.75. The number of hydrogen-bond donors (Lipinski definition) is 1. The molecule has 0 saturated carbocycles. The van der Waals surface area contributed by atoms with Crippen LogP contribution in [0.5, 0.6) is 0 Å². The third-order valence-corrected chi connectivity index (χ3v) is 4.53. The number of amides is 1. The van der Waals surface area contributed by atoms with E-state index in [-0.39, 0.29) is 5.92 Å². The maximum Gasteiger partial charge on any atom is 0.231 e. The van der Waals surface area contributed by atoms with E-state index in [4.69, 9.17) is 0 Å². The van der Waals surface area contributed by atoms with Gasteiger partial charge < -0.3 is 10.2 Å². The van der Waals surface area contributed by atoms with E-state index in [2.05, 4.69) is 37.4 Å². The molecule has 1 aromatic rings. The third kappa shape index (κ3) is 2.59. The molecule has 1 amide bonds. The Morgan fingerprint density at radius 3 is 2.80 bits per heavy atom. The highest BCUT2D eigenvalue weighted by Gasteiger charge is 2.32. The van der Waals surface area contributed by atoms with Crippen molar-refractivity contribution in [2.24, 2.45) is 17.8 Å². The number of fused-ring (bicyclic) bond motifs is 1. The maximum absolute atomic E-state index is 12.9. The van der Waals surface area contributed by atoms with Gasteiger partial charge in [0.15, 0.2) is 0 Å². The van der Waals surface area contributed by atoms with Gasteiger partial charge in [0.1, 0.15) is 0 Å². The van der Waals surface area contributed by atoms with Gasteiger partial charge in [-0.05, 0) is 42.9 Å². The number of anilines is 1. The van der Waals surface area contributed by atoms with Crippen LogP contribution in [0.25, 0.3) is 0 Å². The number of nitrogens with one attached hydrogen (secondary N) is 1. The predicted octanol–water partition coefficient (Wildman–Crippen LogP) is 2.46. The Hall–Kier alpha value is -1.35. The lowest BCUT2D eigenvalue weighted by atomic mass is 9.88. The lowest BCUT2D eigenvalue weighted by Gasteiger charge is -2.37. The summed E-state index contributed by atoms with van der Waals surface area (Å²) in [5.74, 6) is 1.58. The number of para-hydroxylation sites is 1. The minimum absolute atomic E-state index is 0.136. The Kier molecular flexibility index (Phi) is 3.79. The number of carbonyl (C=O) groups is 1. The van der Waals surface area contributed by atoms with Crippen LogP contribution in [0.4, 0.5) is 5.69 Å². The standard InChI is InChI=1S/C17H24N2O/c1-12-7-15(10-18-9-12)17(20)19-11-13(2)8-14-5-3-4-6-16(14)19/h3-6,12-13,15,18H,7-11H2,1-2H3. The van der Waals surface area contributed by atoms with Crippen LogP contribution in [0, 0.1) is 17.8 Å². The van der Waals surface area contributed by atoms with E-state index in [9.17, 15) is 4.79 Å². The average Bonchev–Trinajstić information content (AvgIpc) is 2.45. The van der Waals surface area contributed by atoms with Gasteiger partial charge in [-0.15, -0.1) is 0 Å². The van der Waals surface area contributed by atoms with Crippen LogP contribution in [0.15, 0.2) is 24.3 Å². The van der Waals surface area contributed by atoms with Crippen LogP contribution in [0.2, 0.25) is 0 Å². The Morgan fingerprint density at radius 2 is 2.00 bits per heavy atom. The summed E-state index contributed by atoms with van der Waals surface area (Å²) in [6, 6.07) is 8.37. The van der Waals surface area contributed by atoms with Crippen molar-refractivity contribution in [2.75, 3.05) is 24.5 Å². The van der Waals surface area contributed by atoms with E-state index < -0.39 is 0 Å². The number of rotatable bonds is 1. The number of hydrogen-bond acceptors (Lipinski definition) is 2. The first kappa shape index (κ1) is 13.6. The zero-order chi connectivity index (χ0) is 14.1. The van der Waals surface area contributed by atoms with Crippen molar-refractivity contribution in [3.05, 3.63) is 29.8 Å². The van der Waals surface area contributed by atoms with Crippen molar-refractivity contribution in [2.45, 2.75) is 26.7 Å². The summed E-state index contributed by atoms with van der Waals surface area (Å²) in [6.07, 6.45) is 2.10. The first-order valence-electron chi connectivity index (χ1n) is 7.75. The molecule has 2 heterocycles. The van der Waals surface area contributed by atoms with Gasteiger partial charge in [0, 0.05) is 18.8 Å². The van der Waals surface area contributed by atoms with Crippen LogP contribution in [-0.4, -0.2) is 25.5 Å². The third-order valence-electron chi connectivity index (χ3n) is 4.53. The summed E-state index contributed by atoms with van der Waals surface area (Å²) in [5.41, 5.74) is 2.45. The van der Waals surface area contributed by atoms with E-state index in [0.717, 1.165) is 38.2 Å². The highest BCUT2D eigenvalue weighted by Crippen LogP contribution is 2.31. The summed E-state index contributed by atoms with van der Waals surface area (Å²) in [5, 5.41) is 3.39. The number of nitrogens with zero attached hydrogens (tertiary/aromatic N) is 1. The Labute approximate surface area is 121 Å². The smallest absolute Gasteiger partial charge is 0.231 e. The molecule has 3 rings (SSSR count). The molecule has 3 nitrogen and oxygen atoms in total. The second-order valence-electron chi connectivity index (χ2n) is 6.58. The van der Waals surface area contributed by atoms with Gasteiger partial charge in [-0.1, -0.05) is 32.0 Å². The fourth-order valence-electron chi connectivity index (χ4n) is 3.57. The fourth-order valence-corrected chi connectivity index (χ4v) is 3.57. The Balaban J connectivity index is 1.84. The van der Waals surface area contributed by atoms with Crippen LogP contribution in [-0.2, 0) is 11.2 Å². The van der Waals surface area contributed by atoms with Gasteiger partial charge in [-0.2, -0.15) is 0 Å². The molecular formula is C17H24N2O. The molecule has 0 aromatic heterocycles. The SMILES string of the molecule is CC1CNCC(C(=O)N2CC(C)Cc3ccccc32)C1. The molecule has 1 aromatic carbocycles. The summed E-state index contributed by atoms with van der Waals surface area (Å²) in [7, 11) is 0. The van der Waals surface area contributed by atoms with Gasteiger partial charge in [0.05, 0.1) is 5.92 Å². The van der Waals surface area contributed by atoms with Crippen LogP contribution in [0.3, 0.4) is 0 Å². The second kappa shape index (κ2) is 5.57. The molecule has 2 aliphatic heterocycles. The summed E-state index contributed by atoms with van der Waals surface area (Å²) < 4.78 is 0. The van der Waals surface area contributed by atoms with Crippen molar-refractivity contribution in [3.8, 4) is 0 Å². The topological polar surface area (TPSA) is 32.3 Å². The average molecular weight is 272 g/mol. The van der Waals surface area contributed by atoms with Crippen LogP contribution < -0.4 is 10.2 Å². The molecule has 20 heavy (non-hydrogen) atoms. The molecule has 2 aliphatic rings. The van der Waals surface area contributed by atoms with Crippen molar-refractivity contribution in [3.63, 3.8) is 0 Å². The minimum atomic E-state index is 0.136. The first-order chi connectivity index (χ1) is 9.65. The lowest BCUT2D eigenvalue weighted by molar-refractivity contribution is -0.123. The number of piperidine rings is 1. The molecule has 3 atom stereocenters. The molecule has 3 heteroatoms. The summed E-state index contributed by atoms with van der Waals surface area (Å²) in [6.45, 7) is 7.19. The van der Waals surface area contributed by atoms with Gasteiger partial charge in [-0.3, -0.25) is 4.79 Å². The van der Waals surface area contributed by atoms with Gasteiger partial charge in [0.2, 0.25) is 5.91 Å². The molecule has 1 N–H and O–H groups in total. The summed E-state index contributed by atoms with van der Waals surface area (Å²) in [4.78, 5) is 14.9. The quantitative estimate of drug-likeness (QED) is 0.851. The lowest BCUT2D eigenvalue weighted by Crippen LogP contribution is -2.48. The Bertz CT molecular complexity index is 500. The van der Waals surface area contributed by atoms with Crippen LogP contribution in [0.1, 0.15) is 25.8 Å². The summed E-state index contributed by atoms with van der Waals surface area (Å²) >= 11 is 0. The molecular weight excluding hydrogens is 248 g/mol. The van der Waals surface area contributed by atoms with Gasteiger partial charge >= 0.3 is 0 Å². The van der Waals surface area contributed by atoms with E-state index in [1.807, 2.05) is 11.0 Å². The largest absolute Gasteiger partial charge is 0.316 e. The molecule has 1 fully saturated rings. The van der Waals surface area contributed by atoms with Crippen molar-refractivity contribution in [1.82, 2.24) is 5.32 Å². The van der Waals surface area contributed by atoms with E-state index in [1.165, 1.54) is 5.56 Å². The molecule has 0 aliphatic carbocycles. The Morgan fingerprint density at radius 1 is 1.20 bits per heavy atom. The fraction of sp³-hybridized carbons (Fsp3) is 0.588. The zero-order valence-electron chi connectivity index (χ0n) is 12.4. The molecule has 1 saturated heterocycles. The molecule has 0 spiro atoms. The van der Waals surface area contributed by atoms with Crippen molar-refractivity contribution < 1.29 is 4.79 Å². The second-order valence-corrected chi connectivity index (χ2v) is 6.58. The minimum Gasteiger partial charge on any atom is -0.316 e. The molecule has 0 bridgehead atoms. The van der Waals surface area contributed by atoms with E-state index >= 15 is 0 Å².